The van der Waals surface area contributed by atoms with Crippen molar-refractivity contribution in [3.63, 3.8) is 0 Å². The molecule has 0 aromatic heterocycles. The van der Waals surface area contributed by atoms with Crippen LogP contribution in [0.5, 0.6) is 0 Å². The first-order valence-electron chi connectivity index (χ1n) is 6.41. The predicted molar refractivity (Wildman–Crippen MR) is 77.4 cm³/mol. The van der Waals surface area contributed by atoms with Crippen LogP contribution >= 0.6 is 0 Å². The van der Waals surface area contributed by atoms with Gasteiger partial charge < -0.3 is 4.90 Å². The number of hydrogen-bond acceptors (Lipinski definition) is 1. The first-order chi connectivity index (χ1) is 7.63. The van der Waals surface area contributed by atoms with E-state index in [1.54, 1.807) is 0 Å². The molecule has 1 nitrogen and oxygen atoms in total. The summed E-state index contributed by atoms with van der Waals surface area (Å²) >= 11 is 0. The average molecular weight is 223 g/mol. The van der Waals surface area contributed by atoms with Crippen LogP contribution in [0.3, 0.4) is 0 Å². The van der Waals surface area contributed by atoms with E-state index in [1.807, 2.05) is 27.7 Å². The molecule has 0 amide bonds. The van der Waals surface area contributed by atoms with E-state index in [0.29, 0.717) is 6.04 Å². The molecule has 1 aromatic carbocycles. The summed E-state index contributed by atoms with van der Waals surface area (Å²) in [7, 11) is 2.13. The molecule has 0 saturated heterocycles. The minimum absolute atomic E-state index is 0.561. The van der Waals surface area contributed by atoms with Gasteiger partial charge in [-0.1, -0.05) is 45.9 Å². The maximum Gasteiger partial charge on any atom is 0.0395 e. The first kappa shape index (κ1) is 17.4. The van der Waals surface area contributed by atoms with E-state index in [9.17, 15) is 0 Å². The minimum Gasteiger partial charge on any atom is -0.372 e. The second-order valence-corrected chi connectivity index (χ2v) is 3.49. The highest BCUT2D eigenvalue weighted by Crippen LogP contribution is 2.19. The second-order valence-electron chi connectivity index (χ2n) is 3.49. The van der Waals surface area contributed by atoms with Gasteiger partial charge in [0.05, 0.1) is 0 Å². The van der Waals surface area contributed by atoms with Gasteiger partial charge in [-0.2, -0.15) is 0 Å². The van der Waals surface area contributed by atoms with Crippen LogP contribution in [0.25, 0.3) is 0 Å². The molecule has 0 fully saturated rings. The van der Waals surface area contributed by atoms with E-state index >= 15 is 0 Å². The molecule has 0 aliphatic heterocycles. The van der Waals surface area contributed by atoms with Gasteiger partial charge in [-0.05, 0) is 32.4 Å². The van der Waals surface area contributed by atoms with E-state index in [1.165, 1.54) is 11.3 Å². The molecule has 0 bridgehead atoms. The Bertz CT molecular complexity index is 253. The zero-order chi connectivity index (χ0) is 13.1. The largest absolute Gasteiger partial charge is 0.372 e. The Labute approximate surface area is 102 Å². The van der Waals surface area contributed by atoms with Gasteiger partial charge in [0.1, 0.15) is 0 Å². The van der Waals surface area contributed by atoms with Crippen LogP contribution in [0, 0.1) is 6.92 Å². The molecular weight excluding hydrogens is 194 g/mol. The van der Waals surface area contributed by atoms with Gasteiger partial charge in [-0.3, -0.25) is 0 Å². The van der Waals surface area contributed by atoms with Crippen LogP contribution in [-0.2, 0) is 0 Å². The Balaban J connectivity index is 0. The molecule has 0 radical (unpaired) electrons. The number of aryl methyl sites for hydroxylation is 1. The zero-order valence-corrected chi connectivity index (χ0v) is 12.3. The summed E-state index contributed by atoms with van der Waals surface area (Å²) in [5.41, 5.74) is 2.67. The lowest BCUT2D eigenvalue weighted by atomic mass is 10.1. The quantitative estimate of drug-likeness (QED) is 0.690. The Morgan fingerprint density at radius 3 is 1.75 bits per heavy atom. The van der Waals surface area contributed by atoms with Crippen molar-refractivity contribution in [2.45, 2.75) is 54.5 Å². The third-order valence-electron chi connectivity index (χ3n) is 2.27. The number of para-hydroxylation sites is 1. The van der Waals surface area contributed by atoms with Crippen molar-refractivity contribution in [3.8, 4) is 0 Å². The van der Waals surface area contributed by atoms with Crippen LogP contribution in [-0.4, -0.2) is 13.1 Å². The first-order valence-corrected chi connectivity index (χ1v) is 6.41. The molecule has 1 aromatic rings. The summed E-state index contributed by atoms with van der Waals surface area (Å²) in [6.07, 6.45) is 0. The highest BCUT2D eigenvalue weighted by atomic mass is 15.1. The Kier molecular flexibility index (Phi) is 11.5. The van der Waals surface area contributed by atoms with Gasteiger partial charge in [-0.25, -0.2) is 0 Å². The number of nitrogens with zero attached hydrogens (tertiary/aromatic N) is 1. The number of anilines is 1. The van der Waals surface area contributed by atoms with Crippen LogP contribution in [0.2, 0.25) is 0 Å². The average Bonchev–Trinajstić information content (AvgIpc) is 2.34. The maximum absolute atomic E-state index is 2.29. The van der Waals surface area contributed by atoms with Crippen molar-refractivity contribution >= 4 is 5.69 Å². The van der Waals surface area contributed by atoms with Crippen LogP contribution in [0.1, 0.15) is 47.1 Å². The van der Waals surface area contributed by atoms with E-state index in [2.05, 4.69) is 57.0 Å². The molecule has 0 aliphatic carbocycles. The zero-order valence-electron chi connectivity index (χ0n) is 12.3. The number of hydrogen-bond donors (Lipinski definition) is 0. The molecule has 1 heteroatoms. The van der Waals surface area contributed by atoms with Gasteiger partial charge >= 0.3 is 0 Å². The molecule has 0 spiro atoms. The van der Waals surface area contributed by atoms with Gasteiger partial charge in [0, 0.05) is 18.8 Å². The Hall–Kier alpha value is -0.980. The molecule has 1 rings (SSSR count). The monoisotopic (exact) mass is 223 g/mol. The number of rotatable bonds is 2. The Morgan fingerprint density at radius 2 is 1.38 bits per heavy atom. The van der Waals surface area contributed by atoms with Gasteiger partial charge in [0.15, 0.2) is 0 Å². The van der Waals surface area contributed by atoms with Crippen molar-refractivity contribution in [2.75, 3.05) is 11.9 Å². The molecule has 0 saturated carbocycles. The molecule has 94 valence electrons. The second kappa shape index (κ2) is 10.5. The molecular formula is C15H29N. The summed E-state index contributed by atoms with van der Waals surface area (Å²) < 4.78 is 0. The van der Waals surface area contributed by atoms with E-state index in [-0.39, 0.29) is 0 Å². The molecule has 16 heavy (non-hydrogen) atoms. The van der Waals surface area contributed by atoms with E-state index in [0.717, 1.165) is 0 Å². The SMILES string of the molecule is CC.CC.Cc1ccccc1N(C)C(C)C. The van der Waals surface area contributed by atoms with Crippen molar-refractivity contribution in [3.05, 3.63) is 29.8 Å². The van der Waals surface area contributed by atoms with E-state index < -0.39 is 0 Å². The summed E-state index contributed by atoms with van der Waals surface area (Å²) in [5, 5.41) is 0. The van der Waals surface area contributed by atoms with Gasteiger partial charge in [0.25, 0.3) is 0 Å². The van der Waals surface area contributed by atoms with Crippen molar-refractivity contribution < 1.29 is 0 Å². The van der Waals surface area contributed by atoms with Crippen molar-refractivity contribution in [1.29, 1.82) is 0 Å². The van der Waals surface area contributed by atoms with E-state index in [4.69, 9.17) is 0 Å². The lowest BCUT2D eigenvalue weighted by Gasteiger charge is -2.25. The van der Waals surface area contributed by atoms with Crippen LogP contribution < -0.4 is 4.90 Å². The van der Waals surface area contributed by atoms with Gasteiger partial charge in [-0.15, -0.1) is 0 Å². The summed E-state index contributed by atoms with van der Waals surface area (Å²) in [5.74, 6) is 0. The summed E-state index contributed by atoms with van der Waals surface area (Å²) in [4.78, 5) is 2.29. The summed E-state index contributed by atoms with van der Waals surface area (Å²) in [6, 6.07) is 9.03. The molecule has 0 aliphatic rings. The third kappa shape index (κ3) is 5.79. The van der Waals surface area contributed by atoms with Crippen LogP contribution in [0.15, 0.2) is 24.3 Å². The Morgan fingerprint density at radius 1 is 0.938 bits per heavy atom. The molecule has 0 unspecified atom stereocenters. The smallest absolute Gasteiger partial charge is 0.0395 e. The van der Waals surface area contributed by atoms with Crippen molar-refractivity contribution in [1.82, 2.24) is 0 Å². The molecule has 0 atom stereocenters. The van der Waals surface area contributed by atoms with Gasteiger partial charge in [0.2, 0.25) is 0 Å². The third-order valence-corrected chi connectivity index (χ3v) is 2.27. The fourth-order valence-electron chi connectivity index (χ4n) is 1.24. The maximum atomic E-state index is 2.29. The highest BCUT2D eigenvalue weighted by Gasteiger charge is 2.05. The predicted octanol–water partition coefficient (Wildman–Crippen LogP) is 4.89. The lowest BCUT2D eigenvalue weighted by Crippen LogP contribution is -2.26. The standard InChI is InChI=1S/C11H17N.2C2H6/c1-9(2)12(4)11-8-6-5-7-10(11)3;2*1-2/h5-9H,1-4H3;2*1-2H3. The van der Waals surface area contributed by atoms with Crippen LogP contribution in [0.4, 0.5) is 5.69 Å². The lowest BCUT2D eigenvalue weighted by molar-refractivity contribution is 0.752. The topological polar surface area (TPSA) is 3.24 Å². The number of benzene rings is 1. The summed E-state index contributed by atoms with van der Waals surface area (Å²) in [6.45, 7) is 14.5. The van der Waals surface area contributed by atoms with Crippen molar-refractivity contribution in [2.24, 2.45) is 0 Å². The minimum atomic E-state index is 0.561. The fraction of sp³-hybridized carbons (Fsp3) is 0.600. The highest BCUT2D eigenvalue weighted by molar-refractivity contribution is 5.52. The molecule has 0 N–H and O–H groups in total. The molecule has 0 heterocycles. The fourth-order valence-corrected chi connectivity index (χ4v) is 1.24. The normalized spacial score (nSPS) is 8.56.